The lowest BCUT2D eigenvalue weighted by Gasteiger charge is -2.23. The Morgan fingerprint density at radius 2 is 2.14 bits per heavy atom. The van der Waals surface area contributed by atoms with Crippen molar-refractivity contribution in [1.82, 2.24) is 14.8 Å². The van der Waals surface area contributed by atoms with Crippen LogP contribution >= 0.6 is 0 Å². The van der Waals surface area contributed by atoms with Crippen molar-refractivity contribution in [3.8, 4) is 0 Å². The number of amides is 1. The SMILES string of the molecule is NNc1nccc(C(=O)N2CCC(N3CCCC3)C2)c1F. The van der Waals surface area contributed by atoms with E-state index in [0.717, 1.165) is 19.5 Å². The van der Waals surface area contributed by atoms with Gasteiger partial charge in [-0.25, -0.2) is 15.2 Å². The van der Waals surface area contributed by atoms with Gasteiger partial charge in [0.1, 0.15) is 0 Å². The first kappa shape index (κ1) is 14.2. The van der Waals surface area contributed by atoms with Gasteiger partial charge in [-0.2, -0.15) is 0 Å². The number of halogens is 1. The van der Waals surface area contributed by atoms with Crippen molar-refractivity contribution < 1.29 is 9.18 Å². The molecule has 7 heteroatoms. The number of hydrogen-bond donors (Lipinski definition) is 2. The Labute approximate surface area is 123 Å². The second kappa shape index (κ2) is 5.95. The normalized spacial score (nSPS) is 22.8. The number of nitrogens with two attached hydrogens (primary N) is 1. The van der Waals surface area contributed by atoms with E-state index in [2.05, 4.69) is 15.3 Å². The molecule has 1 amide bonds. The van der Waals surface area contributed by atoms with Crippen molar-refractivity contribution >= 4 is 11.7 Å². The third-order valence-corrected chi connectivity index (χ3v) is 4.36. The minimum Gasteiger partial charge on any atom is -0.337 e. The Morgan fingerprint density at radius 1 is 1.38 bits per heavy atom. The quantitative estimate of drug-likeness (QED) is 0.637. The van der Waals surface area contributed by atoms with Crippen molar-refractivity contribution in [2.45, 2.75) is 25.3 Å². The minimum atomic E-state index is -0.686. The van der Waals surface area contributed by atoms with E-state index in [1.165, 1.54) is 25.1 Å². The van der Waals surface area contributed by atoms with Gasteiger partial charge in [0.05, 0.1) is 5.56 Å². The highest BCUT2D eigenvalue weighted by Gasteiger charge is 2.33. The van der Waals surface area contributed by atoms with Gasteiger partial charge in [0.25, 0.3) is 5.91 Å². The van der Waals surface area contributed by atoms with Crippen LogP contribution in [0.2, 0.25) is 0 Å². The molecule has 1 atom stereocenters. The van der Waals surface area contributed by atoms with Crippen LogP contribution in [0.4, 0.5) is 10.2 Å². The molecule has 1 aromatic heterocycles. The molecule has 0 spiro atoms. The highest BCUT2D eigenvalue weighted by Crippen LogP contribution is 2.23. The summed E-state index contributed by atoms with van der Waals surface area (Å²) in [5.41, 5.74) is 2.20. The molecule has 0 aliphatic carbocycles. The average molecular weight is 293 g/mol. The summed E-state index contributed by atoms with van der Waals surface area (Å²) in [6, 6.07) is 1.82. The summed E-state index contributed by atoms with van der Waals surface area (Å²) >= 11 is 0. The maximum Gasteiger partial charge on any atom is 0.257 e. The van der Waals surface area contributed by atoms with E-state index in [1.54, 1.807) is 4.90 Å². The smallest absolute Gasteiger partial charge is 0.257 e. The predicted octanol–water partition coefficient (Wildman–Crippen LogP) is 0.817. The summed E-state index contributed by atoms with van der Waals surface area (Å²) in [5.74, 6) is 4.12. The van der Waals surface area contributed by atoms with E-state index in [0.29, 0.717) is 19.1 Å². The lowest BCUT2D eigenvalue weighted by atomic mass is 10.2. The number of likely N-dealkylation sites (tertiary alicyclic amines) is 2. The lowest BCUT2D eigenvalue weighted by Crippen LogP contribution is -2.37. The Bertz CT molecular complexity index is 532. The van der Waals surface area contributed by atoms with Gasteiger partial charge in [-0.15, -0.1) is 0 Å². The molecule has 1 aromatic rings. The van der Waals surface area contributed by atoms with Gasteiger partial charge in [0.2, 0.25) is 0 Å². The van der Waals surface area contributed by atoms with Crippen LogP contribution in [-0.4, -0.2) is 52.9 Å². The van der Waals surface area contributed by atoms with Gasteiger partial charge in [0, 0.05) is 25.3 Å². The molecule has 0 aromatic carbocycles. The number of pyridine rings is 1. The van der Waals surface area contributed by atoms with Gasteiger partial charge in [-0.05, 0) is 38.4 Å². The molecule has 2 aliphatic heterocycles. The summed E-state index contributed by atoms with van der Waals surface area (Å²) < 4.78 is 14.1. The zero-order valence-corrected chi connectivity index (χ0v) is 11.9. The Kier molecular flexibility index (Phi) is 4.03. The minimum absolute atomic E-state index is 0.0278. The fourth-order valence-electron chi connectivity index (χ4n) is 3.21. The molecule has 6 nitrogen and oxygen atoms in total. The van der Waals surface area contributed by atoms with Crippen molar-refractivity contribution in [2.24, 2.45) is 5.84 Å². The van der Waals surface area contributed by atoms with Crippen LogP contribution in [0.5, 0.6) is 0 Å². The molecule has 2 fully saturated rings. The zero-order valence-electron chi connectivity index (χ0n) is 11.9. The predicted molar refractivity (Wildman–Crippen MR) is 77.1 cm³/mol. The molecular formula is C14H20FN5O. The molecular weight excluding hydrogens is 273 g/mol. The number of carbonyl (C=O) groups is 1. The van der Waals surface area contributed by atoms with Crippen LogP contribution in [0.1, 0.15) is 29.6 Å². The standard InChI is InChI=1S/C14H20FN5O/c15-12-11(3-5-17-13(12)18-16)14(21)20-8-4-10(9-20)19-6-1-2-7-19/h3,5,10H,1-2,4,6-9,16H2,(H,17,18). The molecule has 114 valence electrons. The largest absolute Gasteiger partial charge is 0.337 e. The van der Waals surface area contributed by atoms with E-state index in [4.69, 9.17) is 5.84 Å². The Hall–Kier alpha value is -1.73. The topological polar surface area (TPSA) is 74.5 Å². The lowest BCUT2D eigenvalue weighted by molar-refractivity contribution is 0.0775. The summed E-state index contributed by atoms with van der Waals surface area (Å²) in [6.45, 7) is 3.56. The van der Waals surface area contributed by atoms with Crippen LogP contribution in [-0.2, 0) is 0 Å². The van der Waals surface area contributed by atoms with Crippen molar-refractivity contribution in [1.29, 1.82) is 0 Å². The van der Waals surface area contributed by atoms with E-state index < -0.39 is 5.82 Å². The van der Waals surface area contributed by atoms with Gasteiger partial charge < -0.3 is 10.3 Å². The fraction of sp³-hybridized carbons (Fsp3) is 0.571. The third-order valence-electron chi connectivity index (χ3n) is 4.36. The third kappa shape index (κ3) is 2.71. The number of hydrazine groups is 1. The zero-order chi connectivity index (χ0) is 14.8. The molecule has 21 heavy (non-hydrogen) atoms. The van der Waals surface area contributed by atoms with Crippen LogP contribution in [0.25, 0.3) is 0 Å². The average Bonchev–Trinajstić information content (AvgIpc) is 3.17. The van der Waals surface area contributed by atoms with E-state index >= 15 is 0 Å². The molecule has 3 N–H and O–H groups in total. The summed E-state index contributed by atoms with van der Waals surface area (Å²) in [5, 5.41) is 0. The molecule has 0 saturated carbocycles. The monoisotopic (exact) mass is 293 g/mol. The van der Waals surface area contributed by atoms with E-state index in [9.17, 15) is 9.18 Å². The Balaban J connectivity index is 1.71. The number of carbonyl (C=O) groups excluding carboxylic acids is 1. The second-order valence-electron chi connectivity index (χ2n) is 5.60. The van der Waals surface area contributed by atoms with Crippen molar-refractivity contribution in [3.05, 3.63) is 23.6 Å². The van der Waals surface area contributed by atoms with Crippen LogP contribution in [0, 0.1) is 5.82 Å². The van der Waals surface area contributed by atoms with Crippen LogP contribution < -0.4 is 11.3 Å². The fourth-order valence-corrected chi connectivity index (χ4v) is 3.21. The van der Waals surface area contributed by atoms with Gasteiger partial charge in [-0.3, -0.25) is 9.69 Å². The van der Waals surface area contributed by atoms with Gasteiger partial charge in [0.15, 0.2) is 11.6 Å². The summed E-state index contributed by atoms with van der Waals surface area (Å²) in [7, 11) is 0. The maximum absolute atomic E-state index is 14.1. The molecule has 0 bridgehead atoms. The highest BCUT2D eigenvalue weighted by atomic mass is 19.1. The molecule has 1 unspecified atom stereocenters. The summed E-state index contributed by atoms with van der Waals surface area (Å²) in [6.07, 6.45) is 4.81. The first-order chi connectivity index (χ1) is 10.2. The summed E-state index contributed by atoms with van der Waals surface area (Å²) in [4.78, 5) is 20.4. The Morgan fingerprint density at radius 3 is 2.86 bits per heavy atom. The molecule has 3 heterocycles. The number of hydrogen-bond acceptors (Lipinski definition) is 5. The highest BCUT2D eigenvalue weighted by molar-refractivity contribution is 5.95. The molecule has 0 radical (unpaired) electrons. The van der Waals surface area contributed by atoms with Gasteiger partial charge >= 0.3 is 0 Å². The number of nitrogens with zero attached hydrogens (tertiary/aromatic N) is 3. The maximum atomic E-state index is 14.1. The van der Waals surface area contributed by atoms with E-state index in [-0.39, 0.29) is 17.3 Å². The molecule has 2 aliphatic rings. The van der Waals surface area contributed by atoms with Crippen molar-refractivity contribution in [2.75, 3.05) is 31.6 Å². The van der Waals surface area contributed by atoms with E-state index in [1.807, 2.05) is 0 Å². The first-order valence-corrected chi connectivity index (χ1v) is 7.35. The number of nitrogen functional groups attached to an aromatic ring is 1. The van der Waals surface area contributed by atoms with Crippen LogP contribution in [0.15, 0.2) is 12.3 Å². The molecule has 3 rings (SSSR count). The second-order valence-corrected chi connectivity index (χ2v) is 5.60. The number of rotatable bonds is 3. The number of nitrogens with one attached hydrogen (secondary N) is 1. The van der Waals surface area contributed by atoms with Crippen molar-refractivity contribution in [3.63, 3.8) is 0 Å². The van der Waals surface area contributed by atoms with Gasteiger partial charge in [-0.1, -0.05) is 0 Å². The van der Waals surface area contributed by atoms with Crippen LogP contribution in [0.3, 0.4) is 0 Å². The number of aromatic nitrogens is 1. The number of anilines is 1. The first-order valence-electron chi connectivity index (χ1n) is 7.35. The molecule has 2 saturated heterocycles.